The average Bonchev–Trinajstić information content (AvgIpc) is 3.01. The van der Waals surface area contributed by atoms with E-state index in [1.165, 1.54) is 12.8 Å². The topological polar surface area (TPSA) is 65.1 Å². The first-order valence-corrected chi connectivity index (χ1v) is 6.52. The van der Waals surface area contributed by atoms with E-state index in [2.05, 4.69) is 15.6 Å². The maximum Gasteiger partial charge on any atom is 0.212 e. The standard InChI is InChI=1S/C13H18N4O2/c1-9-5-13(17(2)15-9)18-8-12-6-11(16-19-12)7-14-10-3-4-10/h5-6,10,14H,3-4,7-8H2,1-2H3. The fourth-order valence-corrected chi connectivity index (χ4v) is 1.91. The van der Waals surface area contributed by atoms with Crippen molar-refractivity contribution in [1.29, 1.82) is 0 Å². The Bertz CT molecular complexity index is 557. The molecular formula is C13H18N4O2. The Labute approximate surface area is 111 Å². The van der Waals surface area contributed by atoms with Gasteiger partial charge in [0, 0.05) is 31.8 Å². The summed E-state index contributed by atoms with van der Waals surface area (Å²) < 4.78 is 12.6. The van der Waals surface area contributed by atoms with Gasteiger partial charge in [0.15, 0.2) is 12.4 Å². The minimum atomic E-state index is 0.370. The Morgan fingerprint density at radius 1 is 1.47 bits per heavy atom. The van der Waals surface area contributed by atoms with Crippen LogP contribution in [-0.4, -0.2) is 21.0 Å². The van der Waals surface area contributed by atoms with E-state index < -0.39 is 0 Å². The summed E-state index contributed by atoms with van der Waals surface area (Å²) in [5.41, 5.74) is 1.86. The molecule has 0 unspecified atom stereocenters. The molecule has 3 rings (SSSR count). The third-order valence-electron chi connectivity index (χ3n) is 3.08. The summed E-state index contributed by atoms with van der Waals surface area (Å²) in [6.45, 7) is 3.07. The van der Waals surface area contributed by atoms with E-state index in [9.17, 15) is 0 Å². The van der Waals surface area contributed by atoms with Crippen molar-refractivity contribution in [2.45, 2.75) is 39.0 Å². The zero-order chi connectivity index (χ0) is 13.2. The maximum atomic E-state index is 5.64. The molecule has 2 heterocycles. The number of hydrogen-bond acceptors (Lipinski definition) is 5. The van der Waals surface area contributed by atoms with Crippen LogP contribution in [0.2, 0.25) is 0 Å². The van der Waals surface area contributed by atoms with Crippen LogP contribution in [0, 0.1) is 6.92 Å². The normalized spacial score (nSPS) is 14.8. The molecule has 0 atom stereocenters. The first-order valence-electron chi connectivity index (χ1n) is 6.52. The zero-order valence-corrected chi connectivity index (χ0v) is 11.2. The van der Waals surface area contributed by atoms with Crippen LogP contribution in [0.5, 0.6) is 5.88 Å². The van der Waals surface area contributed by atoms with Gasteiger partial charge in [0.25, 0.3) is 0 Å². The lowest BCUT2D eigenvalue weighted by molar-refractivity contribution is 0.232. The van der Waals surface area contributed by atoms with Crippen LogP contribution >= 0.6 is 0 Å². The van der Waals surface area contributed by atoms with Crippen LogP contribution in [0.3, 0.4) is 0 Å². The van der Waals surface area contributed by atoms with Crippen LogP contribution in [-0.2, 0) is 20.2 Å². The van der Waals surface area contributed by atoms with E-state index in [-0.39, 0.29) is 0 Å². The monoisotopic (exact) mass is 262 g/mol. The second kappa shape index (κ2) is 5.05. The fraction of sp³-hybridized carbons (Fsp3) is 0.538. The van der Waals surface area contributed by atoms with Gasteiger partial charge in [-0.3, -0.25) is 0 Å². The molecule has 1 fully saturated rings. The molecule has 0 radical (unpaired) electrons. The van der Waals surface area contributed by atoms with Gasteiger partial charge in [-0.25, -0.2) is 4.68 Å². The van der Waals surface area contributed by atoms with Gasteiger partial charge in [-0.1, -0.05) is 5.16 Å². The molecule has 2 aromatic rings. The average molecular weight is 262 g/mol. The SMILES string of the molecule is Cc1cc(OCc2cc(CNC3CC3)no2)n(C)n1. The van der Waals surface area contributed by atoms with Crippen molar-refractivity contribution in [3.8, 4) is 5.88 Å². The quantitative estimate of drug-likeness (QED) is 0.855. The summed E-state index contributed by atoms with van der Waals surface area (Å²) in [4.78, 5) is 0. The molecule has 0 aromatic carbocycles. The summed E-state index contributed by atoms with van der Waals surface area (Å²) in [5, 5.41) is 11.6. The van der Waals surface area contributed by atoms with Gasteiger partial charge in [-0.2, -0.15) is 5.10 Å². The molecule has 0 saturated heterocycles. The molecule has 2 aromatic heterocycles. The Balaban J connectivity index is 1.53. The molecule has 6 heteroatoms. The summed E-state index contributed by atoms with van der Waals surface area (Å²) in [5.74, 6) is 1.46. The highest BCUT2D eigenvalue weighted by atomic mass is 16.5. The number of aryl methyl sites for hydroxylation is 2. The van der Waals surface area contributed by atoms with Crippen LogP contribution < -0.4 is 10.1 Å². The number of rotatable bonds is 6. The lowest BCUT2D eigenvalue weighted by Crippen LogP contribution is -2.15. The van der Waals surface area contributed by atoms with Crippen molar-refractivity contribution < 1.29 is 9.26 Å². The second-order valence-corrected chi connectivity index (χ2v) is 4.98. The predicted octanol–water partition coefficient (Wildman–Crippen LogP) is 1.55. The number of aromatic nitrogens is 3. The van der Waals surface area contributed by atoms with Crippen molar-refractivity contribution in [2.24, 2.45) is 7.05 Å². The summed E-state index contributed by atoms with van der Waals surface area (Å²) >= 11 is 0. The molecule has 6 nitrogen and oxygen atoms in total. The molecule has 0 bridgehead atoms. The third kappa shape index (κ3) is 3.14. The Morgan fingerprint density at radius 2 is 2.32 bits per heavy atom. The van der Waals surface area contributed by atoms with Crippen LogP contribution in [0.25, 0.3) is 0 Å². The minimum absolute atomic E-state index is 0.370. The van der Waals surface area contributed by atoms with Crippen molar-refractivity contribution in [1.82, 2.24) is 20.3 Å². The van der Waals surface area contributed by atoms with Gasteiger partial charge in [0.05, 0.1) is 11.4 Å². The maximum absolute atomic E-state index is 5.64. The zero-order valence-electron chi connectivity index (χ0n) is 11.2. The number of ether oxygens (including phenoxy) is 1. The van der Waals surface area contributed by atoms with Gasteiger partial charge in [-0.05, 0) is 19.8 Å². The molecule has 19 heavy (non-hydrogen) atoms. The minimum Gasteiger partial charge on any atom is -0.470 e. The van der Waals surface area contributed by atoms with Crippen molar-refractivity contribution in [3.63, 3.8) is 0 Å². The smallest absolute Gasteiger partial charge is 0.212 e. The van der Waals surface area contributed by atoms with E-state index in [1.807, 2.05) is 26.1 Å². The number of nitrogens with zero attached hydrogens (tertiary/aromatic N) is 3. The fourth-order valence-electron chi connectivity index (χ4n) is 1.91. The molecule has 1 saturated carbocycles. The Kier molecular flexibility index (Phi) is 3.25. The van der Waals surface area contributed by atoms with Gasteiger partial charge in [-0.15, -0.1) is 0 Å². The van der Waals surface area contributed by atoms with E-state index in [0.717, 1.165) is 29.6 Å². The first kappa shape index (κ1) is 12.2. The molecule has 102 valence electrons. The molecule has 0 aliphatic heterocycles. The second-order valence-electron chi connectivity index (χ2n) is 4.98. The summed E-state index contributed by atoms with van der Waals surface area (Å²) in [6, 6.07) is 4.50. The van der Waals surface area contributed by atoms with Crippen molar-refractivity contribution >= 4 is 0 Å². The highest BCUT2D eigenvalue weighted by Gasteiger charge is 2.20. The lowest BCUT2D eigenvalue weighted by atomic mass is 10.3. The van der Waals surface area contributed by atoms with Crippen LogP contribution in [0.15, 0.2) is 16.7 Å². The van der Waals surface area contributed by atoms with Crippen molar-refractivity contribution in [2.75, 3.05) is 0 Å². The van der Waals surface area contributed by atoms with E-state index in [0.29, 0.717) is 12.6 Å². The highest BCUT2D eigenvalue weighted by Crippen LogP contribution is 2.19. The predicted molar refractivity (Wildman–Crippen MR) is 68.6 cm³/mol. The largest absolute Gasteiger partial charge is 0.470 e. The Morgan fingerprint density at radius 3 is 3.00 bits per heavy atom. The van der Waals surface area contributed by atoms with E-state index in [1.54, 1.807) is 4.68 Å². The van der Waals surface area contributed by atoms with Crippen LogP contribution in [0.1, 0.15) is 30.0 Å². The van der Waals surface area contributed by atoms with Gasteiger partial charge in [0.1, 0.15) is 0 Å². The number of nitrogens with one attached hydrogen (secondary N) is 1. The van der Waals surface area contributed by atoms with Gasteiger partial charge in [0.2, 0.25) is 5.88 Å². The van der Waals surface area contributed by atoms with Crippen molar-refractivity contribution in [3.05, 3.63) is 29.3 Å². The highest BCUT2D eigenvalue weighted by molar-refractivity contribution is 5.15. The Hall–Kier alpha value is -1.82. The molecular weight excluding hydrogens is 244 g/mol. The van der Waals surface area contributed by atoms with E-state index in [4.69, 9.17) is 9.26 Å². The van der Waals surface area contributed by atoms with Gasteiger partial charge < -0.3 is 14.6 Å². The molecule has 0 spiro atoms. The summed E-state index contributed by atoms with van der Waals surface area (Å²) in [6.07, 6.45) is 2.54. The van der Waals surface area contributed by atoms with Gasteiger partial charge >= 0.3 is 0 Å². The first-order chi connectivity index (χ1) is 9.20. The molecule has 1 N–H and O–H groups in total. The number of hydrogen-bond donors (Lipinski definition) is 1. The third-order valence-corrected chi connectivity index (χ3v) is 3.08. The molecule has 0 amide bonds. The molecule has 1 aliphatic carbocycles. The molecule has 1 aliphatic rings. The van der Waals surface area contributed by atoms with Crippen LogP contribution in [0.4, 0.5) is 0 Å². The van der Waals surface area contributed by atoms with E-state index >= 15 is 0 Å². The summed E-state index contributed by atoms with van der Waals surface area (Å²) in [7, 11) is 1.85. The lowest BCUT2D eigenvalue weighted by Gasteiger charge is -2.02.